The minimum Gasteiger partial charge on any atom is -0.507 e. The Morgan fingerprint density at radius 3 is 2.65 bits per heavy atom. The summed E-state index contributed by atoms with van der Waals surface area (Å²) in [5, 5.41) is 9.95. The average Bonchev–Trinajstić information content (AvgIpc) is 2.65. The van der Waals surface area contributed by atoms with Crippen LogP contribution < -0.4 is 4.74 Å². The van der Waals surface area contributed by atoms with Gasteiger partial charge < -0.3 is 9.84 Å². The quantitative estimate of drug-likeness (QED) is 0.822. The SMILES string of the molecule is COc1cccc(C(=O)[C@@H]2CCCN(Cc3cc(C)c(O)c(C)c3)C2)c1. The molecule has 1 aliphatic rings. The summed E-state index contributed by atoms with van der Waals surface area (Å²) in [7, 11) is 1.62. The zero-order valence-electron chi connectivity index (χ0n) is 15.8. The van der Waals surface area contributed by atoms with Crippen LogP contribution in [0.3, 0.4) is 0 Å². The number of carbonyl (C=O) groups is 1. The number of aryl methyl sites for hydroxylation is 2. The number of phenolic OH excluding ortho intramolecular Hbond substituents is 1. The number of phenols is 1. The number of hydrogen-bond acceptors (Lipinski definition) is 4. The molecule has 0 amide bonds. The molecule has 26 heavy (non-hydrogen) atoms. The number of benzene rings is 2. The van der Waals surface area contributed by atoms with Crippen LogP contribution >= 0.6 is 0 Å². The zero-order valence-corrected chi connectivity index (χ0v) is 15.8. The van der Waals surface area contributed by atoms with Crippen LogP contribution in [-0.4, -0.2) is 36.0 Å². The van der Waals surface area contributed by atoms with E-state index in [4.69, 9.17) is 4.74 Å². The molecule has 0 aromatic heterocycles. The molecule has 1 aliphatic heterocycles. The number of piperidine rings is 1. The van der Waals surface area contributed by atoms with Gasteiger partial charge in [-0.2, -0.15) is 0 Å². The average molecular weight is 353 g/mol. The van der Waals surface area contributed by atoms with Crippen molar-refractivity contribution in [3.05, 3.63) is 58.7 Å². The molecule has 1 fully saturated rings. The second-order valence-corrected chi connectivity index (χ2v) is 7.25. The van der Waals surface area contributed by atoms with E-state index in [0.717, 1.165) is 54.9 Å². The van der Waals surface area contributed by atoms with Crippen molar-refractivity contribution < 1.29 is 14.6 Å². The number of hydrogen-bond donors (Lipinski definition) is 1. The van der Waals surface area contributed by atoms with Crippen LogP contribution in [0.15, 0.2) is 36.4 Å². The monoisotopic (exact) mass is 353 g/mol. The minimum absolute atomic E-state index is 0.0233. The highest BCUT2D eigenvalue weighted by molar-refractivity contribution is 5.98. The molecular formula is C22H27NO3. The normalized spacial score (nSPS) is 17.9. The maximum atomic E-state index is 12.9. The molecule has 0 aliphatic carbocycles. The number of rotatable bonds is 5. The fourth-order valence-electron chi connectivity index (χ4n) is 3.82. The van der Waals surface area contributed by atoms with E-state index in [0.29, 0.717) is 5.75 Å². The van der Waals surface area contributed by atoms with Crippen LogP contribution in [0, 0.1) is 19.8 Å². The predicted octanol–water partition coefficient (Wildman–Crippen LogP) is 4.11. The summed E-state index contributed by atoms with van der Waals surface area (Å²) in [4.78, 5) is 15.2. The molecule has 0 spiro atoms. The van der Waals surface area contributed by atoms with Crippen LogP contribution in [0.5, 0.6) is 11.5 Å². The molecule has 0 unspecified atom stereocenters. The van der Waals surface area contributed by atoms with Gasteiger partial charge in [0.2, 0.25) is 0 Å². The van der Waals surface area contributed by atoms with Crippen LogP contribution in [0.1, 0.15) is 39.9 Å². The van der Waals surface area contributed by atoms with Gasteiger partial charge in [0.15, 0.2) is 5.78 Å². The summed E-state index contributed by atoms with van der Waals surface area (Å²) in [6, 6.07) is 11.5. The van der Waals surface area contributed by atoms with E-state index in [1.165, 1.54) is 5.56 Å². The molecule has 1 N–H and O–H groups in total. The van der Waals surface area contributed by atoms with Crippen molar-refractivity contribution in [2.75, 3.05) is 20.2 Å². The summed E-state index contributed by atoms with van der Waals surface area (Å²) in [6.07, 6.45) is 1.95. The van der Waals surface area contributed by atoms with Gasteiger partial charge in [-0.3, -0.25) is 9.69 Å². The van der Waals surface area contributed by atoms with Gasteiger partial charge in [-0.1, -0.05) is 24.3 Å². The molecule has 1 saturated heterocycles. The molecule has 0 bridgehead atoms. The topological polar surface area (TPSA) is 49.8 Å². The van der Waals surface area contributed by atoms with Gasteiger partial charge in [-0.25, -0.2) is 0 Å². The lowest BCUT2D eigenvalue weighted by Gasteiger charge is -2.32. The van der Waals surface area contributed by atoms with Gasteiger partial charge in [0.05, 0.1) is 7.11 Å². The zero-order chi connectivity index (χ0) is 18.7. The Bertz CT molecular complexity index is 777. The van der Waals surface area contributed by atoms with E-state index in [2.05, 4.69) is 4.90 Å². The summed E-state index contributed by atoms with van der Waals surface area (Å²) in [5.74, 6) is 1.32. The van der Waals surface area contributed by atoms with Crippen LogP contribution in [0.25, 0.3) is 0 Å². The molecule has 0 radical (unpaired) electrons. The lowest BCUT2D eigenvalue weighted by atomic mass is 9.89. The van der Waals surface area contributed by atoms with Crippen LogP contribution in [-0.2, 0) is 6.54 Å². The molecule has 1 heterocycles. The largest absolute Gasteiger partial charge is 0.507 e. The van der Waals surface area contributed by atoms with E-state index in [-0.39, 0.29) is 11.7 Å². The standard InChI is InChI=1S/C22H27NO3/c1-15-10-17(11-16(2)21(15)24)13-23-9-5-7-19(14-23)22(25)18-6-4-8-20(12-18)26-3/h4,6,8,10-12,19,24H,5,7,9,13-14H2,1-3H3/t19-/m1/s1. The maximum Gasteiger partial charge on any atom is 0.167 e. The Kier molecular flexibility index (Phi) is 5.62. The van der Waals surface area contributed by atoms with Crippen molar-refractivity contribution >= 4 is 5.78 Å². The van der Waals surface area contributed by atoms with E-state index in [9.17, 15) is 9.90 Å². The third-order valence-electron chi connectivity index (χ3n) is 5.19. The van der Waals surface area contributed by atoms with Gasteiger partial charge in [0, 0.05) is 24.6 Å². The van der Waals surface area contributed by atoms with Crippen molar-refractivity contribution in [3.8, 4) is 11.5 Å². The van der Waals surface area contributed by atoms with E-state index < -0.39 is 0 Å². The first-order chi connectivity index (χ1) is 12.5. The van der Waals surface area contributed by atoms with Gasteiger partial charge in [-0.05, 0) is 62.1 Å². The Balaban J connectivity index is 1.70. The molecular weight excluding hydrogens is 326 g/mol. The van der Waals surface area contributed by atoms with E-state index in [1.54, 1.807) is 7.11 Å². The van der Waals surface area contributed by atoms with Gasteiger partial charge in [0.25, 0.3) is 0 Å². The molecule has 138 valence electrons. The first-order valence-corrected chi connectivity index (χ1v) is 9.17. The first kappa shape index (κ1) is 18.5. The summed E-state index contributed by atoms with van der Waals surface area (Å²) >= 11 is 0. The van der Waals surface area contributed by atoms with Gasteiger partial charge in [0.1, 0.15) is 11.5 Å². The summed E-state index contributed by atoms with van der Waals surface area (Å²) < 4.78 is 5.24. The number of aromatic hydroxyl groups is 1. The lowest BCUT2D eigenvalue weighted by Crippen LogP contribution is -2.38. The molecule has 3 rings (SSSR count). The number of methoxy groups -OCH3 is 1. The van der Waals surface area contributed by atoms with Crippen LogP contribution in [0.4, 0.5) is 0 Å². The third kappa shape index (κ3) is 4.07. The van der Waals surface area contributed by atoms with Crippen molar-refractivity contribution in [3.63, 3.8) is 0 Å². The molecule has 4 heteroatoms. The Morgan fingerprint density at radius 2 is 1.96 bits per heavy atom. The van der Waals surface area contributed by atoms with Crippen molar-refractivity contribution in [2.24, 2.45) is 5.92 Å². The van der Waals surface area contributed by atoms with Gasteiger partial charge in [-0.15, -0.1) is 0 Å². The number of nitrogens with zero attached hydrogens (tertiary/aromatic N) is 1. The maximum absolute atomic E-state index is 12.9. The molecule has 1 atom stereocenters. The van der Waals surface area contributed by atoms with Gasteiger partial charge >= 0.3 is 0 Å². The van der Waals surface area contributed by atoms with E-state index >= 15 is 0 Å². The Morgan fingerprint density at radius 1 is 1.23 bits per heavy atom. The highest BCUT2D eigenvalue weighted by Crippen LogP contribution is 2.27. The first-order valence-electron chi connectivity index (χ1n) is 9.17. The van der Waals surface area contributed by atoms with Crippen molar-refractivity contribution in [1.29, 1.82) is 0 Å². The number of Topliss-reactive ketones (excluding diaryl/α,β-unsaturated/α-hetero) is 1. The smallest absolute Gasteiger partial charge is 0.167 e. The minimum atomic E-state index is 0.0233. The second-order valence-electron chi connectivity index (χ2n) is 7.25. The Labute approximate surface area is 155 Å². The predicted molar refractivity (Wildman–Crippen MR) is 103 cm³/mol. The van der Waals surface area contributed by atoms with Crippen molar-refractivity contribution in [1.82, 2.24) is 4.90 Å². The number of carbonyl (C=O) groups excluding carboxylic acids is 1. The number of ketones is 1. The highest BCUT2D eigenvalue weighted by atomic mass is 16.5. The second kappa shape index (κ2) is 7.92. The lowest BCUT2D eigenvalue weighted by molar-refractivity contribution is 0.0811. The van der Waals surface area contributed by atoms with Crippen LogP contribution in [0.2, 0.25) is 0 Å². The highest BCUT2D eigenvalue weighted by Gasteiger charge is 2.27. The van der Waals surface area contributed by atoms with Crippen molar-refractivity contribution in [2.45, 2.75) is 33.2 Å². The van der Waals surface area contributed by atoms with E-state index in [1.807, 2.05) is 50.2 Å². The Hall–Kier alpha value is -2.33. The molecule has 2 aromatic rings. The number of ether oxygens (including phenoxy) is 1. The molecule has 0 saturated carbocycles. The molecule has 2 aromatic carbocycles. The molecule has 4 nitrogen and oxygen atoms in total. The summed E-state index contributed by atoms with van der Waals surface area (Å²) in [6.45, 7) is 6.44. The fraction of sp³-hybridized carbons (Fsp3) is 0.409. The number of likely N-dealkylation sites (tertiary alicyclic amines) is 1. The third-order valence-corrected chi connectivity index (χ3v) is 5.19. The fourth-order valence-corrected chi connectivity index (χ4v) is 3.82. The summed E-state index contributed by atoms with van der Waals surface area (Å²) in [5.41, 5.74) is 3.72.